The molecule has 0 aliphatic heterocycles. The first-order valence-corrected chi connectivity index (χ1v) is 16.5. The lowest BCUT2D eigenvalue weighted by atomic mass is 9.64. The topological polar surface area (TPSA) is 37.3 Å². The van der Waals surface area contributed by atoms with E-state index in [1.54, 1.807) is 11.1 Å². The van der Waals surface area contributed by atoms with Crippen molar-refractivity contribution in [2.45, 2.75) is 155 Å². The van der Waals surface area contributed by atoms with E-state index in [4.69, 9.17) is 5.11 Å². The molecule has 0 spiro atoms. The maximum absolute atomic E-state index is 10.5. The molecule has 0 radical (unpaired) electrons. The SMILES string of the molecule is CC(CCCCCCCCCCCCCCCC(=O)O)C1=C2C=CC3=C4CCCCC4CCC3C2CC1. The number of fused-ring (bicyclic) bond motifs is 4. The zero-order valence-corrected chi connectivity index (χ0v) is 24.1. The summed E-state index contributed by atoms with van der Waals surface area (Å²) >= 11 is 0. The van der Waals surface area contributed by atoms with Gasteiger partial charge in [0.05, 0.1) is 0 Å². The monoisotopic (exact) mass is 508 g/mol. The molecule has 1 fully saturated rings. The maximum atomic E-state index is 10.5. The molecule has 2 nitrogen and oxygen atoms in total. The Labute approximate surface area is 228 Å². The fraction of sp³-hybridized carbons (Fsp3) is 0.800. The van der Waals surface area contributed by atoms with Crippen molar-refractivity contribution in [3.8, 4) is 0 Å². The number of carbonyl (C=O) groups is 1. The molecule has 0 aromatic carbocycles. The summed E-state index contributed by atoms with van der Waals surface area (Å²) in [6, 6.07) is 0. The molecule has 0 aromatic heterocycles. The van der Waals surface area contributed by atoms with Crippen LogP contribution in [0.3, 0.4) is 0 Å². The van der Waals surface area contributed by atoms with Gasteiger partial charge >= 0.3 is 5.97 Å². The highest BCUT2D eigenvalue weighted by atomic mass is 16.4. The van der Waals surface area contributed by atoms with Crippen LogP contribution in [0.2, 0.25) is 0 Å². The molecule has 1 N–H and O–H groups in total. The molecular formula is C35H56O2. The molecule has 37 heavy (non-hydrogen) atoms. The number of aliphatic carboxylic acids is 1. The van der Waals surface area contributed by atoms with Crippen LogP contribution in [-0.4, -0.2) is 11.1 Å². The Kier molecular flexibility index (Phi) is 11.9. The van der Waals surface area contributed by atoms with Gasteiger partial charge in [0.1, 0.15) is 0 Å². The fourth-order valence-corrected chi connectivity index (χ4v) is 8.26. The normalized spacial score (nSPS) is 25.7. The highest BCUT2D eigenvalue weighted by molar-refractivity contribution is 5.66. The first-order chi connectivity index (χ1) is 18.1. The van der Waals surface area contributed by atoms with Crippen LogP contribution in [0.15, 0.2) is 34.4 Å². The molecule has 1 saturated carbocycles. The minimum absolute atomic E-state index is 0.343. The lowest BCUT2D eigenvalue weighted by Crippen LogP contribution is -2.28. The van der Waals surface area contributed by atoms with Gasteiger partial charge in [-0.15, -0.1) is 0 Å². The molecule has 0 aromatic rings. The Morgan fingerprint density at radius 1 is 0.730 bits per heavy atom. The minimum Gasteiger partial charge on any atom is -0.481 e. The van der Waals surface area contributed by atoms with E-state index >= 15 is 0 Å². The highest BCUT2D eigenvalue weighted by Crippen LogP contribution is 2.53. The molecule has 4 aliphatic carbocycles. The van der Waals surface area contributed by atoms with Gasteiger partial charge in [-0.1, -0.05) is 114 Å². The summed E-state index contributed by atoms with van der Waals surface area (Å²) in [5, 5.41) is 8.67. The molecule has 0 bridgehead atoms. The van der Waals surface area contributed by atoms with Gasteiger partial charge in [0.2, 0.25) is 0 Å². The summed E-state index contributed by atoms with van der Waals surface area (Å²) in [5.74, 6) is 2.78. The van der Waals surface area contributed by atoms with E-state index in [1.807, 2.05) is 11.1 Å². The van der Waals surface area contributed by atoms with E-state index in [1.165, 1.54) is 128 Å². The Morgan fingerprint density at radius 2 is 1.32 bits per heavy atom. The van der Waals surface area contributed by atoms with E-state index in [2.05, 4.69) is 19.1 Å². The zero-order chi connectivity index (χ0) is 25.9. The van der Waals surface area contributed by atoms with Crippen molar-refractivity contribution < 1.29 is 9.90 Å². The van der Waals surface area contributed by atoms with E-state index < -0.39 is 5.97 Å². The predicted octanol–water partition coefficient (Wildman–Crippen LogP) is 10.7. The quantitative estimate of drug-likeness (QED) is 0.198. The number of carboxylic acids is 1. The first-order valence-electron chi connectivity index (χ1n) is 16.5. The van der Waals surface area contributed by atoms with Crippen LogP contribution in [0.25, 0.3) is 0 Å². The van der Waals surface area contributed by atoms with E-state index in [-0.39, 0.29) is 0 Å². The van der Waals surface area contributed by atoms with Crippen molar-refractivity contribution in [3.63, 3.8) is 0 Å². The standard InChI is InChI=1S/C35H56O2/c1-27(17-13-11-9-7-5-3-2-4-6-8-10-12-14-20-35(36)37)29-23-24-34-31(29)25-26-32-30-19-16-15-18-28(30)21-22-33(32)34/h25-28,33-34H,2-24H2,1H3,(H,36,37). The second-order valence-corrected chi connectivity index (χ2v) is 13.0. The van der Waals surface area contributed by atoms with Crippen LogP contribution in [0.5, 0.6) is 0 Å². The molecular weight excluding hydrogens is 452 g/mol. The van der Waals surface area contributed by atoms with Crippen molar-refractivity contribution in [2.75, 3.05) is 0 Å². The average molecular weight is 509 g/mol. The number of rotatable bonds is 17. The van der Waals surface area contributed by atoms with Gasteiger partial charge in [0, 0.05) is 6.42 Å². The molecule has 4 unspecified atom stereocenters. The first kappa shape index (κ1) is 28.7. The molecule has 208 valence electrons. The van der Waals surface area contributed by atoms with Crippen LogP contribution < -0.4 is 0 Å². The lowest BCUT2D eigenvalue weighted by Gasteiger charge is -2.41. The molecule has 0 heterocycles. The Hall–Kier alpha value is -1.31. The third kappa shape index (κ3) is 8.34. The van der Waals surface area contributed by atoms with Crippen molar-refractivity contribution in [1.29, 1.82) is 0 Å². The summed E-state index contributed by atoms with van der Waals surface area (Å²) in [6.07, 6.45) is 35.4. The maximum Gasteiger partial charge on any atom is 0.303 e. The minimum atomic E-state index is -0.649. The van der Waals surface area contributed by atoms with Crippen molar-refractivity contribution in [1.82, 2.24) is 0 Å². The van der Waals surface area contributed by atoms with Gasteiger partial charge in [-0.05, 0) is 92.6 Å². The largest absolute Gasteiger partial charge is 0.481 e. The average Bonchev–Trinajstić information content (AvgIpc) is 3.35. The summed E-state index contributed by atoms with van der Waals surface area (Å²) in [4.78, 5) is 10.5. The smallest absolute Gasteiger partial charge is 0.303 e. The Balaban J connectivity index is 1.06. The summed E-state index contributed by atoms with van der Waals surface area (Å²) in [6.45, 7) is 2.52. The van der Waals surface area contributed by atoms with Gasteiger partial charge in [-0.3, -0.25) is 4.79 Å². The molecule has 4 rings (SSSR count). The summed E-state index contributed by atoms with van der Waals surface area (Å²) < 4.78 is 0. The number of allylic oxidation sites excluding steroid dienone is 6. The van der Waals surface area contributed by atoms with Crippen LogP contribution in [0.4, 0.5) is 0 Å². The number of hydrogen-bond acceptors (Lipinski definition) is 1. The van der Waals surface area contributed by atoms with E-state index in [0.29, 0.717) is 6.42 Å². The zero-order valence-electron chi connectivity index (χ0n) is 24.1. The predicted molar refractivity (Wildman–Crippen MR) is 157 cm³/mol. The van der Waals surface area contributed by atoms with Gasteiger partial charge in [0.25, 0.3) is 0 Å². The molecule has 0 amide bonds. The Bertz CT molecular complexity index is 815. The van der Waals surface area contributed by atoms with E-state index in [9.17, 15) is 4.79 Å². The number of carboxylic acid groups (broad SMARTS) is 1. The third-order valence-corrected chi connectivity index (χ3v) is 10.4. The van der Waals surface area contributed by atoms with Crippen molar-refractivity contribution >= 4 is 5.97 Å². The fourth-order valence-electron chi connectivity index (χ4n) is 8.26. The second-order valence-electron chi connectivity index (χ2n) is 13.0. The van der Waals surface area contributed by atoms with Gasteiger partial charge in [-0.25, -0.2) is 0 Å². The van der Waals surface area contributed by atoms with Crippen molar-refractivity contribution in [2.24, 2.45) is 23.7 Å². The third-order valence-electron chi connectivity index (χ3n) is 10.4. The summed E-state index contributed by atoms with van der Waals surface area (Å²) in [7, 11) is 0. The summed E-state index contributed by atoms with van der Waals surface area (Å²) in [5.41, 5.74) is 7.28. The van der Waals surface area contributed by atoms with Gasteiger partial charge in [-0.2, -0.15) is 0 Å². The molecule has 0 saturated heterocycles. The molecule has 2 heteroatoms. The van der Waals surface area contributed by atoms with Gasteiger partial charge < -0.3 is 5.11 Å². The Morgan fingerprint density at radius 3 is 2.00 bits per heavy atom. The van der Waals surface area contributed by atoms with Crippen LogP contribution in [0, 0.1) is 23.7 Å². The second kappa shape index (κ2) is 15.3. The van der Waals surface area contributed by atoms with Crippen LogP contribution in [-0.2, 0) is 4.79 Å². The van der Waals surface area contributed by atoms with Crippen molar-refractivity contribution in [3.05, 3.63) is 34.4 Å². The highest BCUT2D eigenvalue weighted by Gasteiger charge is 2.40. The van der Waals surface area contributed by atoms with Crippen LogP contribution in [0.1, 0.15) is 155 Å². The molecule has 4 aliphatic rings. The van der Waals surface area contributed by atoms with E-state index in [0.717, 1.165) is 36.5 Å². The van der Waals surface area contributed by atoms with Gasteiger partial charge in [0.15, 0.2) is 0 Å². The number of hydrogen-bond donors (Lipinski definition) is 1. The number of unbranched alkanes of at least 4 members (excludes halogenated alkanes) is 12. The van der Waals surface area contributed by atoms with Crippen LogP contribution >= 0.6 is 0 Å². The molecule has 4 atom stereocenters. The lowest BCUT2D eigenvalue weighted by molar-refractivity contribution is -0.137.